The molecule has 1 aliphatic rings. The number of aromatic carboxylic acids is 1. The monoisotopic (exact) mass is 594 g/mol. The third-order valence-electron chi connectivity index (χ3n) is 7.80. The summed E-state index contributed by atoms with van der Waals surface area (Å²) in [5.41, 5.74) is 3.21. The lowest BCUT2D eigenvalue weighted by molar-refractivity contribution is -0.123. The molecular weight excluding hydrogens is 556 g/mol. The first-order valence-electron chi connectivity index (χ1n) is 15.1. The molecule has 1 N–H and O–H groups in total. The standard InChI is InChI=1S/C34H38N6O4/c1-3-5-12-30-36-21-28(39(30)23-26-13-15-27(16-14-26)33(42)43)20-29-32(41)38(18-6-4-2)34(44)40(29)24-31-35-17-19-37(31)22-25-10-8-7-9-11-25/h7-11,13-17,19-21H,3-6,12,18,22-24H2,1-2H3,(H,42,43). The summed E-state index contributed by atoms with van der Waals surface area (Å²) >= 11 is 0. The Labute approximate surface area is 257 Å². The number of rotatable bonds is 14. The van der Waals surface area contributed by atoms with Crippen LogP contribution in [0.2, 0.25) is 0 Å². The second-order valence-corrected chi connectivity index (χ2v) is 11.0. The molecule has 0 aliphatic carbocycles. The Hall–Kier alpha value is -4.99. The quantitative estimate of drug-likeness (QED) is 0.145. The molecule has 0 unspecified atom stereocenters. The number of urea groups is 1. The predicted molar refractivity (Wildman–Crippen MR) is 167 cm³/mol. The van der Waals surface area contributed by atoms with Gasteiger partial charge >= 0.3 is 12.0 Å². The number of amides is 3. The summed E-state index contributed by atoms with van der Waals surface area (Å²) < 4.78 is 4.03. The molecular formula is C34H38N6O4. The lowest BCUT2D eigenvalue weighted by atomic mass is 10.1. The molecule has 2 aromatic heterocycles. The van der Waals surface area contributed by atoms with Crippen LogP contribution in [0.4, 0.5) is 4.79 Å². The summed E-state index contributed by atoms with van der Waals surface area (Å²) in [6.07, 6.45) is 11.4. The van der Waals surface area contributed by atoms with Gasteiger partial charge in [0.15, 0.2) is 0 Å². The summed E-state index contributed by atoms with van der Waals surface area (Å²) in [6.45, 7) is 5.68. The third-order valence-corrected chi connectivity index (χ3v) is 7.80. The maximum absolute atomic E-state index is 13.8. The average molecular weight is 595 g/mol. The minimum atomic E-state index is -0.977. The fourth-order valence-corrected chi connectivity index (χ4v) is 5.29. The summed E-state index contributed by atoms with van der Waals surface area (Å²) in [7, 11) is 0. The topological polar surface area (TPSA) is 114 Å². The number of imide groups is 1. The molecule has 1 aliphatic heterocycles. The maximum atomic E-state index is 13.8. The Kier molecular flexibility index (Phi) is 9.69. The van der Waals surface area contributed by atoms with E-state index in [2.05, 4.69) is 11.9 Å². The van der Waals surface area contributed by atoms with Crippen LogP contribution in [0, 0.1) is 0 Å². The van der Waals surface area contributed by atoms with Gasteiger partial charge in [-0.2, -0.15) is 0 Å². The number of hydrogen-bond acceptors (Lipinski definition) is 5. The Morgan fingerprint density at radius 3 is 2.27 bits per heavy atom. The van der Waals surface area contributed by atoms with Crippen molar-refractivity contribution in [2.24, 2.45) is 0 Å². The molecule has 10 nitrogen and oxygen atoms in total. The van der Waals surface area contributed by atoms with Crippen LogP contribution < -0.4 is 0 Å². The SMILES string of the molecule is CCCCc1ncc(C=C2C(=O)N(CCCC)C(=O)N2Cc2nccn2Cc2ccccc2)n1Cc1ccc(C(=O)O)cc1. The second kappa shape index (κ2) is 14.0. The van der Waals surface area contributed by atoms with Crippen molar-refractivity contribution >= 4 is 24.0 Å². The average Bonchev–Trinajstić information content (AvgIpc) is 3.69. The highest BCUT2D eigenvalue weighted by molar-refractivity contribution is 6.13. The molecule has 10 heteroatoms. The van der Waals surface area contributed by atoms with Gasteiger partial charge in [-0.1, -0.05) is 69.2 Å². The van der Waals surface area contributed by atoms with E-state index in [4.69, 9.17) is 4.98 Å². The smallest absolute Gasteiger partial charge is 0.335 e. The first kappa shape index (κ1) is 30.5. The Bertz CT molecular complexity index is 1640. The number of carbonyl (C=O) groups is 3. The number of aryl methyl sites for hydroxylation is 1. The number of carboxylic acids is 1. The molecule has 0 saturated carbocycles. The van der Waals surface area contributed by atoms with Crippen molar-refractivity contribution in [2.45, 2.75) is 65.6 Å². The number of carbonyl (C=O) groups excluding carboxylic acids is 2. The van der Waals surface area contributed by atoms with Gasteiger partial charge in [-0.25, -0.2) is 19.6 Å². The van der Waals surface area contributed by atoms with E-state index in [0.29, 0.717) is 37.6 Å². The van der Waals surface area contributed by atoms with Crippen molar-refractivity contribution < 1.29 is 19.5 Å². The van der Waals surface area contributed by atoms with Gasteiger partial charge < -0.3 is 14.2 Å². The highest BCUT2D eigenvalue weighted by Gasteiger charge is 2.41. The van der Waals surface area contributed by atoms with Crippen molar-refractivity contribution in [3.63, 3.8) is 0 Å². The van der Waals surface area contributed by atoms with Crippen molar-refractivity contribution in [1.29, 1.82) is 0 Å². The van der Waals surface area contributed by atoms with Crippen molar-refractivity contribution in [1.82, 2.24) is 28.9 Å². The van der Waals surface area contributed by atoms with Gasteiger partial charge in [-0.05, 0) is 42.2 Å². The molecule has 2 aromatic carbocycles. The minimum Gasteiger partial charge on any atom is -0.478 e. The minimum absolute atomic E-state index is 0.145. The largest absolute Gasteiger partial charge is 0.478 e. The maximum Gasteiger partial charge on any atom is 0.335 e. The Morgan fingerprint density at radius 2 is 1.57 bits per heavy atom. The Balaban J connectivity index is 1.50. The van der Waals surface area contributed by atoms with E-state index in [1.165, 1.54) is 9.80 Å². The van der Waals surface area contributed by atoms with E-state index < -0.39 is 5.97 Å². The predicted octanol–water partition coefficient (Wildman–Crippen LogP) is 5.82. The van der Waals surface area contributed by atoms with E-state index in [1.54, 1.807) is 42.7 Å². The first-order chi connectivity index (χ1) is 21.4. The van der Waals surface area contributed by atoms with Crippen LogP contribution >= 0.6 is 0 Å². The van der Waals surface area contributed by atoms with Crippen LogP contribution in [0.1, 0.15) is 78.4 Å². The number of unbranched alkanes of at least 4 members (excludes halogenated alkanes) is 2. The molecule has 0 atom stereocenters. The summed E-state index contributed by atoms with van der Waals surface area (Å²) in [6, 6.07) is 16.4. The van der Waals surface area contributed by atoms with Gasteiger partial charge in [0.25, 0.3) is 5.91 Å². The molecule has 4 aromatic rings. The van der Waals surface area contributed by atoms with Crippen molar-refractivity contribution in [3.8, 4) is 0 Å². The Morgan fingerprint density at radius 1 is 0.841 bits per heavy atom. The second-order valence-electron chi connectivity index (χ2n) is 11.0. The molecule has 3 amide bonds. The molecule has 44 heavy (non-hydrogen) atoms. The number of benzene rings is 2. The molecule has 228 valence electrons. The van der Waals surface area contributed by atoms with Gasteiger partial charge in [0, 0.05) is 38.4 Å². The third kappa shape index (κ3) is 6.80. The first-order valence-corrected chi connectivity index (χ1v) is 15.1. The van der Waals surface area contributed by atoms with Crippen LogP contribution in [0.15, 0.2) is 78.9 Å². The van der Waals surface area contributed by atoms with Gasteiger partial charge in [0.2, 0.25) is 0 Å². The molecule has 0 spiro atoms. The van der Waals surface area contributed by atoms with E-state index in [0.717, 1.165) is 42.6 Å². The fraction of sp³-hybridized carbons (Fsp3) is 0.324. The lowest BCUT2D eigenvalue weighted by Crippen LogP contribution is -2.34. The van der Waals surface area contributed by atoms with Gasteiger partial charge in [0.1, 0.15) is 17.3 Å². The molecule has 1 fully saturated rings. The van der Waals surface area contributed by atoms with Crippen molar-refractivity contribution in [3.05, 3.63) is 113 Å². The summed E-state index contributed by atoms with van der Waals surface area (Å²) in [5, 5.41) is 9.31. The van der Waals surface area contributed by atoms with Gasteiger partial charge in [0.05, 0.1) is 24.0 Å². The van der Waals surface area contributed by atoms with E-state index in [9.17, 15) is 19.5 Å². The van der Waals surface area contributed by atoms with Crippen LogP contribution in [-0.2, 0) is 30.8 Å². The number of nitrogens with zero attached hydrogens (tertiary/aromatic N) is 6. The molecule has 5 rings (SSSR count). The molecule has 0 radical (unpaired) electrons. The summed E-state index contributed by atoms with van der Waals surface area (Å²) in [4.78, 5) is 50.9. The number of imidazole rings is 2. The molecule has 1 saturated heterocycles. The lowest BCUT2D eigenvalue weighted by Gasteiger charge is -2.18. The van der Waals surface area contributed by atoms with Crippen LogP contribution in [0.25, 0.3) is 6.08 Å². The highest BCUT2D eigenvalue weighted by Crippen LogP contribution is 2.27. The molecule has 3 heterocycles. The number of carboxylic acid groups (broad SMARTS) is 1. The van der Waals surface area contributed by atoms with Crippen LogP contribution in [-0.4, -0.2) is 58.5 Å². The zero-order valence-electron chi connectivity index (χ0n) is 25.2. The van der Waals surface area contributed by atoms with Gasteiger partial charge in [-0.3, -0.25) is 14.6 Å². The normalized spacial score (nSPS) is 14.3. The zero-order chi connectivity index (χ0) is 31.1. The fourth-order valence-electron chi connectivity index (χ4n) is 5.29. The van der Waals surface area contributed by atoms with Gasteiger partial charge in [-0.15, -0.1) is 0 Å². The van der Waals surface area contributed by atoms with E-state index >= 15 is 0 Å². The van der Waals surface area contributed by atoms with Crippen LogP contribution in [0.5, 0.6) is 0 Å². The summed E-state index contributed by atoms with van der Waals surface area (Å²) in [5.74, 6) is 0.229. The highest BCUT2D eigenvalue weighted by atomic mass is 16.4. The number of hydrogen-bond donors (Lipinski definition) is 1. The molecule has 0 bridgehead atoms. The van der Waals surface area contributed by atoms with E-state index in [1.807, 2.05) is 52.6 Å². The zero-order valence-corrected chi connectivity index (χ0v) is 25.2. The van der Waals surface area contributed by atoms with Crippen molar-refractivity contribution in [2.75, 3.05) is 6.54 Å². The van der Waals surface area contributed by atoms with E-state index in [-0.39, 0.29) is 29.7 Å². The number of aromatic nitrogens is 4. The van der Waals surface area contributed by atoms with Crippen LogP contribution in [0.3, 0.4) is 0 Å².